The molecule has 0 amide bonds. The number of ether oxygens (including phenoxy) is 1. The largest absolute Gasteiger partial charge is 0.494 e. The second-order valence-electron chi connectivity index (χ2n) is 6.81. The van der Waals surface area contributed by atoms with Gasteiger partial charge >= 0.3 is 0 Å². The van der Waals surface area contributed by atoms with E-state index < -0.39 is 0 Å². The summed E-state index contributed by atoms with van der Waals surface area (Å²) < 4.78 is 5.86. The number of nitrogens with zero attached hydrogens (tertiary/aromatic N) is 2. The van der Waals surface area contributed by atoms with Crippen LogP contribution in [0.15, 0.2) is 48.5 Å². The van der Waals surface area contributed by atoms with E-state index >= 15 is 0 Å². The highest BCUT2D eigenvalue weighted by Gasteiger charge is 2.04. The summed E-state index contributed by atoms with van der Waals surface area (Å²) in [5.41, 5.74) is 3.94. The molecule has 0 saturated heterocycles. The van der Waals surface area contributed by atoms with Crippen molar-refractivity contribution in [3.8, 4) is 5.75 Å². The number of aryl methyl sites for hydroxylation is 1. The van der Waals surface area contributed by atoms with Gasteiger partial charge < -0.3 is 9.64 Å². The Morgan fingerprint density at radius 1 is 0.875 bits per heavy atom. The van der Waals surface area contributed by atoms with Crippen molar-refractivity contribution in [2.75, 3.05) is 34.3 Å². The van der Waals surface area contributed by atoms with E-state index in [1.54, 1.807) is 0 Å². The maximum atomic E-state index is 5.86. The van der Waals surface area contributed by atoms with Crippen LogP contribution in [-0.4, -0.2) is 44.1 Å². The molecule has 0 N–H and O–H groups in total. The zero-order valence-electron chi connectivity index (χ0n) is 15.5. The molecule has 0 unspecified atom stereocenters. The lowest BCUT2D eigenvalue weighted by Gasteiger charge is -2.17. The summed E-state index contributed by atoms with van der Waals surface area (Å²) in [5.74, 6) is 0.968. The highest BCUT2D eigenvalue weighted by atomic mass is 16.5. The molecule has 0 saturated carbocycles. The lowest BCUT2D eigenvalue weighted by atomic mass is 10.1. The molecule has 0 aliphatic carbocycles. The lowest BCUT2D eigenvalue weighted by Crippen LogP contribution is -2.17. The summed E-state index contributed by atoms with van der Waals surface area (Å²) >= 11 is 0. The molecule has 0 radical (unpaired) electrons. The molecule has 0 aliphatic heterocycles. The van der Waals surface area contributed by atoms with Crippen LogP contribution in [0.3, 0.4) is 0 Å². The van der Waals surface area contributed by atoms with Crippen molar-refractivity contribution in [3.05, 3.63) is 65.2 Å². The van der Waals surface area contributed by atoms with Crippen LogP contribution in [0.2, 0.25) is 0 Å². The molecule has 2 aromatic carbocycles. The third-order valence-corrected chi connectivity index (χ3v) is 3.94. The fraction of sp³-hybridized carbons (Fsp3) is 0.429. The van der Waals surface area contributed by atoms with E-state index in [1.165, 1.54) is 16.7 Å². The van der Waals surface area contributed by atoms with Crippen LogP contribution in [0.5, 0.6) is 5.75 Å². The van der Waals surface area contributed by atoms with E-state index in [0.717, 1.165) is 38.4 Å². The van der Waals surface area contributed by atoms with E-state index in [2.05, 4.69) is 80.3 Å². The average Bonchev–Trinajstić information content (AvgIpc) is 2.54. The molecule has 130 valence electrons. The van der Waals surface area contributed by atoms with Gasteiger partial charge in [0.1, 0.15) is 5.75 Å². The van der Waals surface area contributed by atoms with Crippen molar-refractivity contribution in [2.24, 2.45) is 0 Å². The Balaban J connectivity index is 1.83. The summed E-state index contributed by atoms with van der Waals surface area (Å²) in [5, 5.41) is 0. The van der Waals surface area contributed by atoms with E-state index in [9.17, 15) is 0 Å². The average molecular weight is 326 g/mol. The van der Waals surface area contributed by atoms with Crippen LogP contribution in [0.4, 0.5) is 0 Å². The van der Waals surface area contributed by atoms with Gasteiger partial charge in [-0.3, -0.25) is 4.90 Å². The third-order valence-electron chi connectivity index (χ3n) is 3.94. The minimum absolute atomic E-state index is 0.765. The summed E-state index contributed by atoms with van der Waals surface area (Å²) in [6.45, 7) is 5.81. The Kier molecular flexibility index (Phi) is 7.29. The first kappa shape index (κ1) is 18.5. The Bertz CT molecular complexity index is 607. The Morgan fingerprint density at radius 3 is 2.29 bits per heavy atom. The normalized spacial score (nSPS) is 11.2. The van der Waals surface area contributed by atoms with E-state index in [4.69, 9.17) is 4.74 Å². The van der Waals surface area contributed by atoms with Gasteiger partial charge in [-0.1, -0.05) is 42.0 Å². The van der Waals surface area contributed by atoms with E-state index in [0.29, 0.717) is 0 Å². The summed E-state index contributed by atoms with van der Waals surface area (Å²) in [7, 11) is 6.33. The summed E-state index contributed by atoms with van der Waals surface area (Å²) in [4.78, 5) is 4.51. The first-order valence-corrected chi connectivity index (χ1v) is 8.63. The zero-order valence-corrected chi connectivity index (χ0v) is 15.5. The van der Waals surface area contributed by atoms with Gasteiger partial charge in [-0.05, 0) is 57.7 Å². The van der Waals surface area contributed by atoms with Gasteiger partial charge in [0.2, 0.25) is 0 Å². The standard InChI is InChI=1S/C21H30N2O/c1-18-9-11-19(12-10-18)16-23(4)17-20-7-5-8-21(15-20)24-14-6-13-22(2)3/h5,7-12,15H,6,13-14,16-17H2,1-4H3. The molecule has 3 nitrogen and oxygen atoms in total. The molecule has 0 aliphatic rings. The van der Waals surface area contributed by atoms with Crippen LogP contribution in [-0.2, 0) is 13.1 Å². The van der Waals surface area contributed by atoms with Crippen molar-refractivity contribution in [1.82, 2.24) is 9.80 Å². The van der Waals surface area contributed by atoms with Gasteiger partial charge in [0.05, 0.1) is 6.61 Å². The molecule has 3 heteroatoms. The van der Waals surface area contributed by atoms with Crippen LogP contribution >= 0.6 is 0 Å². The molecule has 0 atom stereocenters. The van der Waals surface area contributed by atoms with Gasteiger partial charge in [0.15, 0.2) is 0 Å². The zero-order chi connectivity index (χ0) is 17.4. The fourth-order valence-electron chi connectivity index (χ4n) is 2.68. The third kappa shape index (κ3) is 6.73. The van der Waals surface area contributed by atoms with Gasteiger partial charge in [-0.15, -0.1) is 0 Å². The molecule has 24 heavy (non-hydrogen) atoms. The molecule has 0 heterocycles. The Hall–Kier alpha value is -1.84. The van der Waals surface area contributed by atoms with Gasteiger partial charge in [-0.25, -0.2) is 0 Å². The highest BCUT2D eigenvalue weighted by Crippen LogP contribution is 2.16. The first-order chi connectivity index (χ1) is 11.5. The predicted octanol–water partition coefficient (Wildman–Crippen LogP) is 3.96. The molecule has 2 rings (SSSR count). The SMILES string of the molecule is Cc1ccc(CN(C)Cc2cccc(OCCCN(C)C)c2)cc1. The monoisotopic (exact) mass is 326 g/mol. The lowest BCUT2D eigenvalue weighted by molar-refractivity contribution is 0.280. The summed E-state index contributed by atoms with van der Waals surface area (Å²) in [6, 6.07) is 17.2. The number of rotatable bonds is 9. The van der Waals surface area contributed by atoms with Crippen molar-refractivity contribution in [3.63, 3.8) is 0 Å². The predicted molar refractivity (Wildman–Crippen MR) is 101 cm³/mol. The Labute approximate surface area is 146 Å². The van der Waals surface area contributed by atoms with E-state index in [-0.39, 0.29) is 0 Å². The topological polar surface area (TPSA) is 15.7 Å². The summed E-state index contributed by atoms with van der Waals surface area (Å²) in [6.07, 6.45) is 1.05. The van der Waals surface area contributed by atoms with Crippen molar-refractivity contribution < 1.29 is 4.74 Å². The van der Waals surface area contributed by atoms with Crippen LogP contribution in [0.25, 0.3) is 0 Å². The number of hydrogen-bond acceptors (Lipinski definition) is 3. The smallest absolute Gasteiger partial charge is 0.119 e. The fourth-order valence-corrected chi connectivity index (χ4v) is 2.68. The molecule has 0 spiro atoms. The minimum Gasteiger partial charge on any atom is -0.494 e. The van der Waals surface area contributed by atoms with Crippen molar-refractivity contribution >= 4 is 0 Å². The maximum Gasteiger partial charge on any atom is 0.119 e. The second-order valence-corrected chi connectivity index (χ2v) is 6.81. The molecule has 2 aromatic rings. The van der Waals surface area contributed by atoms with E-state index in [1.807, 2.05) is 6.07 Å². The van der Waals surface area contributed by atoms with Crippen LogP contribution in [0, 0.1) is 6.92 Å². The molecule has 0 bridgehead atoms. The highest BCUT2D eigenvalue weighted by molar-refractivity contribution is 5.28. The minimum atomic E-state index is 0.765. The Morgan fingerprint density at radius 2 is 1.58 bits per heavy atom. The van der Waals surface area contributed by atoms with Crippen molar-refractivity contribution in [1.29, 1.82) is 0 Å². The number of benzene rings is 2. The van der Waals surface area contributed by atoms with Gasteiger partial charge in [0.25, 0.3) is 0 Å². The number of hydrogen-bond donors (Lipinski definition) is 0. The first-order valence-electron chi connectivity index (χ1n) is 8.63. The molecular formula is C21H30N2O. The van der Waals surface area contributed by atoms with Crippen molar-refractivity contribution in [2.45, 2.75) is 26.4 Å². The molecule has 0 aromatic heterocycles. The quantitative estimate of drug-likeness (QED) is 0.649. The van der Waals surface area contributed by atoms with Gasteiger partial charge in [0, 0.05) is 19.6 Å². The second kappa shape index (κ2) is 9.45. The van der Waals surface area contributed by atoms with Crippen LogP contribution in [0.1, 0.15) is 23.1 Å². The molecular weight excluding hydrogens is 296 g/mol. The van der Waals surface area contributed by atoms with Crippen LogP contribution < -0.4 is 4.74 Å². The van der Waals surface area contributed by atoms with Gasteiger partial charge in [-0.2, -0.15) is 0 Å². The maximum absolute atomic E-state index is 5.86. The molecule has 0 fully saturated rings.